The van der Waals surface area contributed by atoms with E-state index in [1.807, 2.05) is 4.90 Å². The van der Waals surface area contributed by atoms with Gasteiger partial charge in [0.25, 0.3) is 0 Å². The summed E-state index contributed by atoms with van der Waals surface area (Å²) < 4.78 is 4.98. The number of ether oxygens (including phenoxy) is 1. The predicted molar refractivity (Wildman–Crippen MR) is 143 cm³/mol. The number of aliphatic hydroxyl groups is 1. The molecular formula is C28H44N2O5S. The summed E-state index contributed by atoms with van der Waals surface area (Å²) >= 11 is 1.69. The Hall–Kier alpha value is -1.80. The topological polar surface area (TPSA) is 87.2 Å². The molecule has 36 heavy (non-hydrogen) atoms. The molecular weight excluding hydrogens is 476 g/mol. The molecule has 1 spiro atoms. The van der Waals surface area contributed by atoms with Crippen molar-refractivity contribution in [1.82, 2.24) is 9.80 Å². The van der Waals surface area contributed by atoms with Crippen molar-refractivity contribution in [3.8, 4) is 0 Å². The van der Waals surface area contributed by atoms with Crippen LogP contribution in [0, 0.1) is 11.8 Å². The minimum absolute atomic E-state index is 0.00830. The highest BCUT2D eigenvalue weighted by molar-refractivity contribution is 8.02. The van der Waals surface area contributed by atoms with Crippen LogP contribution in [-0.2, 0) is 19.1 Å². The molecule has 7 nitrogen and oxygen atoms in total. The number of nitrogens with zero attached hydrogens (tertiary/aromatic N) is 2. The molecule has 3 fully saturated rings. The molecule has 0 aromatic carbocycles. The molecule has 2 amide bonds. The normalized spacial score (nSPS) is 28.3. The third kappa shape index (κ3) is 5.85. The molecule has 2 bridgehead atoms. The maximum Gasteiger partial charge on any atom is 0.310 e. The van der Waals surface area contributed by atoms with Crippen LogP contribution in [0.25, 0.3) is 0 Å². The molecule has 1 N–H and O–H groups in total. The second-order valence-electron chi connectivity index (χ2n) is 10.3. The van der Waals surface area contributed by atoms with Crippen molar-refractivity contribution in [3.63, 3.8) is 0 Å². The average molecular weight is 521 g/mol. The van der Waals surface area contributed by atoms with Crippen LogP contribution in [-0.4, -0.2) is 81.6 Å². The van der Waals surface area contributed by atoms with Gasteiger partial charge in [-0.1, -0.05) is 44.8 Å². The zero-order valence-electron chi connectivity index (χ0n) is 21.9. The van der Waals surface area contributed by atoms with Crippen molar-refractivity contribution >= 4 is 29.5 Å². The van der Waals surface area contributed by atoms with Crippen molar-refractivity contribution in [3.05, 3.63) is 25.3 Å². The van der Waals surface area contributed by atoms with E-state index in [-0.39, 0.29) is 36.2 Å². The van der Waals surface area contributed by atoms with Gasteiger partial charge in [0.2, 0.25) is 11.8 Å². The standard InChI is InChI=1S/C28H44N2O5S/c1-4-7-11-17-29(16-6-3)26(33)24-28-15-14-21(36-28)22(27(34)35-20-8-5-2)23(28)25(32)30(24)18-12-9-10-13-19-31/h5-6,21-24,31H,2-4,7-20H2,1H3/t21-,22+,23-,24?,28?/m0/s1. The molecule has 3 aliphatic heterocycles. The van der Waals surface area contributed by atoms with E-state index in [2.05, 4.69) is 20.1 Å². The minimum Gasteiger partial charge on any atom is -0.465 e. The van der Waals surface area contributed by atoms with Crippen molar-refractivity contribution in [2.24, 2.45) is 11.8 Å². The Morgan fingerprint density at radius 1 is 1.19 bits per heavy atom. The molecule has 0 aromatic heterocycles. The van der Waals surface area contributed by atoms with Crippen LogP contribution in [0.3, 0.4) is 0 Å². The van der Waals surface area contributed by atoms with Gasteiger partial charge in [-0.3, -0.25) is 14.4 Å². The third-order valence-electron chi connectivity index (χ3n) is 7.87. The quantitative estimate of drug-likeness (QED) is 0.178. The van der Waals surface area contributed by atoms with E-state index in [4.69, 9.17) is 9.84 Å². The molecule has 3 heterocycles. The third-order valence-corrected chi connectivity index (χ3v) is 9.82. The van der Waals surface area contributed by atoms with E-state index in [0.29, 0.717) is 26.1 Å². The molecule has 8 heteroatoms. The first-order chi connectivity index (χ1) is 17.5. The number of carbonyl (C=O) groups excluding carboxylic acids is 3. The Morgan fingerprint density at radius 3 is 2.67 bits per heavy atom. The second-order valence-corrected chi connectivity index (χ2v) is 11.9. The average Bonchev–Trinajstić information content (AvgIpc) is 3.51. The van der Waals surface area contributed by atoms with Crippen LogP contribution in [0.15, 0.2) is 25.3 Å². The van der Waals surface area contributed by atoms with Crippen LogP contribution < -0.4 is 0 Å². The first-order valence-electron chi connectivity index (χ1n) is 13.7. The summed E-state index contributed by atoms with van der Waals surface area (Å²) in [4.78, 5) is 44.9. The lowest BCUT2D eigenvalue weighted by Crippen LogP contribution is -2.55. The lowest BCUT2D eigenvalue weighted by Gasteiger charge is -2.37. The van der Waals surface area contributed by atoms with Gasteiger partial charge in [-0.15, -0.1) is 24.9 Å². The van der Waals surface area contributed by atoms with Gasteiger partial charge in [0.05, 0.1) is 23.2 Å². The number of aliphatic hydroxyl groups excluding tert-OH is 1. The van der Waals surface area contributed by atoms with Gasteiger partial charge in [-0.25, -0.2) is 0 Å². The zero-order valence-corrected chi connectivity index (χ0v) is 22.7. The number of amides is 2. The van der Waals surface area contributed by atoms with Crippen molar-refractivity contribution < 1.29 is 24.2 Å². The smallest absolute Gasteiger partial charge is 0.310 e. The van der Waals surface area contributed by atoms with E-state index >= 15 is 0 Å². The highest BCUT2D eigenvalue weighted by Gasteiger charge is 2.74. The van der Waals surface area contributed by atoms with E-state index < -0.39 is 22.6 Å². The summed E-state index contributed by atoms with van der Waals surface area (Å²) in [5.41, 5.74) is 0. The highest BCUT2D eigenvalue weighted by atomic mass is 32.2. The lowest BCUT2D eigenvalue weighted by atomic mass is 9.71. The zero-order chi connectivity index (χ0) is 26.1. The number of esters is 1. The number of likely N-dealkylation sites (tertiary alicyclic amines) is 1. The summed E-state index contributed by atoms with van der Waals surface area (Å²) in [5.74, 6) is -1.39. The van der Waals surface area contributed by atoms with Crippen molar-refractivity contribution in [1.29, 1.82) is 0 Å². The number of thioether (sulfide) groups is 1. The van der Waals surface area contributed by atoms with Crippen LogP contribution in [0.5, 0.6) is 0 Å². The largest absolute Gasteiger partial charge is 0.465 e. The molecule has 0 aromatic rings. The fourth-order valence-electron chi connectivity index (χ4n) is 6.20. The molecule has 5 atom stereocenters. The van der Waals surface area contributed by atoms with Gasteiger partial charge >= 0.3 is 5.97 Å². The van der Waals surface area contributed by atoms with E-state index in [9.17, 15) is 14.4 Å². The first-order valence-corrected chi connectivity index (χ1v) is 14.6. The number of carbonyl (C=O) groups is 3. The first kappa shape index (κ1) is 28.8. The number of fused-ring (bicyclic) bond motifs is 1. The molecule has 0 aliphatic carbocycles. The van der Waals surface area contributed by atoms with E-state index in [0.717, 1.165) is 57.8 Å². The summed E-state index contributed by atoms with van der Waals surface area (Å²) in [5, 5.41) is 9.12. The number of hydrogen-bond acceptors (Lipinski definition) is 6. The molecule has 3 aliphatic rings. The number of unbranched alkanes of at least 4 members (excludes halogenated alkanes) is 5. The van der Waals surface area contributed by atoms with Gasteiger partial charge in [-0.2, -0.15) is 0 Å². The van der Waals surface area contributed by atoms with Gasteiger partial charge in [-0.05, 0) is 38.5 Å². The van der Waals surface area contributed by atoms with Crippen LogP contribution in [0.1, 0.15) is 71.1 Å². The molecule has 0 radical (unpaired) electrons. The van der Waals surface area contributed by atoms with Gasteiger partial charge in [0, 0.05) is 31.5 Å². The summed E-state index contributed by atoms with van der Waals surface area (Å²) in [6, 6.07) is -0.560. The molecule has 3 saturated heterocycles. The fourth-order valence-corrected chi connectivity index (χ4v) is 8.40. The summed E-state index contributed by atoms with van der Waals surface area (Å²) in [6.45, 7) is 11.7. The van der Waals surface area contributed by atoms with Crippen LogP contribution >= 0.6 is 11.8 Å². The van der Waals surface area contributed by atoms with Gasteiger partial charge in [0.1, 0.15) is 6.04 Å². The molecule has 202 valence electrons. The fraction of sp³-hybridized carbons (Fsp3) is 0.750. The monoisotopic (exact) mass is 520 g/mol. The minimum atomic E-state index is -0.573. The Bertz CT molecular complexity index is 805. The van der Waals surface area contributed by atoms with Crippen LogP contribution in [0.4, 0.5) is 0 Å². The number of hydrogen-bond donors (Lipinski definition) is 1. The van der Waals surface area contributed by atoms with E-state index in [1.54, 1.807) is 28.8 Å². The van der Waals surface area contributed by atoms with Gasteiger partial charge < -0.3 is 19.6 Å². The number of rotatable bonds is 17. The van der Waals surface area contributed by atoms with Crippen molar-refractivity contribution in [2.75, 3.05) is 32.8 Å². The van der Waals surface area contributed by atoms with E-state index in [1.165, 1.54) is 0 Å². The Morgan fingerprint density at radius 2 is 1.97 bits per heavy atom. The molecule has 3 rings (SSSR count). The Balaban J connectivity index is 1.87. The Labute approximate surface area is 220 Å². The maximum atomic E-state index is 14.1. The summed E-state index contributed by atoms with van der Waals surface area (Å²) in [6.07, 6.45) is 12.0. The van der Waals surface area contributed by atoms with Crippen molar-refractivity contribution in [2.45, 2.75) is 87.2 Å². The summed E-state index contributed by atoms with van der Waals surface area (Å²) in [7, 11) is 0. The van der Waals surface area contributed by atoms with Crippen LogP contribution in [0.2, 0.25) is 0 Å². The Kier molecular flexibility index (Phi) is 10.9. The SMILES string of the molecule is C=CCCOC(=O)[C@@H]1[C@@H]2CCC3(S2)C(C(=O)N(CC=C)CCCCC)N(CCCCCCO)C(=O)[C@H]13. The highest BCUT2D eigenvalue weighted by Crippen LogP contribution is 2.66. The second kappa shape index (κ2) is 13.7. The maximum absolute atomic E-state index is 14.1. The van der Waals surface area contributed by atoms with Gasteiger partial charge in [0.15, 0.2) is 0 Å². The lowest BCUT2D eigenvalue weighted by molar-refractivity contribution is -0.154. The molecule has 0 saturated carbocycles. The predicted octanol–water partition coefficient (Wildman–Crippen LogP) is 3.95. The molecule has 2 unspecified atom stereocenters.